The molecule has 20 heavy (non-hydrogen) atoms. The molecule has 0 fully saturated rings. The predicted octanol–water partition coefficient (Wildman–Crippen LogP) is 4.39. The van der Waals surface area contributed by atoms with Crippen molar-refractivity contribution >= 4 is 5.97 Å². The van der Waals surface area contributed by atoms with Crippen LogP contribution in [-0.2, 0) is 9.53 Å². The standard InChI is InChI=1S/C17H32O3/c1-7-11-17(9-3,20-15(18)14(4)5)13-10-12-16(6,19)8-2/h19H,4,7-13H2,1-3,5-6H3/t16-,17?/m0/s1. The number of carbonyl (C=O) groups excluding carboxylic acids is 1. The average Bonchev–Trinajstić information content (AvgIpc) is 2.38. The molecule has 0 heterocycles. The van der Waals surface area contributed by atoms with Gasteiger partial charge in [-0.05, 0) is 52.4 Å². The molecule has 0 saturated carbocycles. The third-order valence-electron chi connectivity index (χ3n) is 4.12. The van der Waals surface area contributed by atoms with Gasteiger partial charge in [-0.15, -0.1) is 0 Å². The molecule has 0 aliphatic carbocycles. The van der Waals surface area contributed by atoms with E-state index in [0.717, 1.165) is 44.9 Å². The van der Waals surface area contributed by atoms with Gasteiger partial charge in [-0.25, -0.2) is 4.79 Å². The van der Waals surface area contributed by atoms with Crippen molar-refractivity contribution in [3.8, 4) is 0 Å². The minimum absolute atomic E-state index is 0.303. The van der Waals surface area contributed by atoms with Crippen molar-refractivity contribution in [3.63, 3.8) is 0 Å². The molecular formula is C17H32O3. The molecule has 0 aliphatic rings. The highest BCUT2D eigenvalue weighted by atomic mass is 16.6. The van der Waals surface area contributed by atoms with Crippen molar-refractivity contribution in [2.45, 2.75) is 90.8 Å². The molecule has 0 aromatic rings. The summed E-state index contributed by atoms with van der Waals surface area (Å²) in [4.78, 5) is 11.8. The highest BCUT2D eigenvalue weighted by molar-refractivity contribution is 5.87. The summed E-state index contributed by atoms with van der Waals surface area (Å²) in [7, 11) is 0. The van der Waals surface area contributed by atoms with Crippen LogP contribution in [0.25, 0.3) is 0 Å². The molecule has 1 unspecified atom stereocenters. The first-order valence-electron chi connectivity index (χ1n) is 7.83. The van der Waals surface area contributed by atoms with Crippen LogP contribution in [0.3, 0.4) is 0 Å². The van der Waals surface area contributed by atoms with E-state index in [-0.39, 0.29) is 5.97 Å². The van der Waals surface area contributed by atoms with E-state index in [1.165, 1.54) is 0 Å². The predicted molar refractivity (Wildman–Crippen MR) is 83.6 cm³/mol. The normalized spacial score (nSPS) is 17.1. The molecule has 0 spiro atoms. The zero-order chi connectivity index (χ0) is 15.8. The topological polar surface area (TPSA) is 46.5 Å². The second-order valence-electron chi connectivity index (χ2n) is 6.16. The lowest BCUT2D eigenvalue weighted by molar-refractivity contribution is -0.157. The minimum atomic E-state index is -0.621. The Morgan fingerprint density at radius 3 is 2.15 bits per heavy atom. The Kier molecular flexibility index (Phi) is 8.10. The van der Waals surface area contributed by atoms with Crippen molar-refractivity contribution < 1.29 is 14.6 Å². The second kappa shape index (κ2) is 8.46. The Morgan fingerprint density at radius 1 is 1.15 bits per heavy atom. The van der Waals surface area contributed by atoms with Gasteiger partial charge in [0.15, 0.2) is 0 Å². The maximum Gasteiger partial charge on any atom is 0.333 e. The van der Waals surface area contributed by atoms with Crippen molar-refractivity contribution in [1.82, 2.24) is 0 Å². The van der Waals surface area contributed by atoms with E-state index in [2.05, 4.69) is 20.4 Å². The molecule has 0 bridgehead atoms. The number of aliphatic hydroxyl groups is 1. The molecular weight excluding hydrogens is 252 g/mol. The maximum absolute atomic E-state index is 11.8. The van der Waals surface area contributed by atoms with Gasteiger partial charge in [-0.2, -0.15) is 0 Å². The maximum atomic E-state index is 11.8. The summed E-state index contributed by atoms with van der Waals surface area (Å²) in [5.74, 6) is -0.303. The minimum Gasteiger partial charge on any atom is -0.456 e. The average molecular weight is 284 g/mol. The highest BCUT2D eigenvalue weighted by Gasteiger charge is 2.32. The molecule has 3 heteroatoms. The van der Waals surface area contributed by atoms with E-state index < -0.39 is 11.2 Å². The summed E-state index contributed by atoms with van der Waals surface area (Å²) in [6.07, 6.45) is 5.77. The van der Waals surface area contributed by atoms with Gasteiger partial charge >= 0.3 is 5.97 Å². The van der Waals surface area contributed by atoms with E-state index >= 15 is 0 Å². The molecule has 0 amide bonds. The van der Waals surface area contributed by atoms with Crippen LogP contribution in [0.2, 0.25) is 0 Å². The molecule has 0 aromatic heterocycles. The van der Waals surface area contributed by atoms with Crippen LogP contribution in [0.4, 0.5) is 0 Å². The summed E-state index contributed by atoms with van der Waals surface area (Å²) in [5, 5.41) is 10.1. The fraction of sp³-hybridized carbons (Fsp3) is 0.824. The zero-order valence-corrected chi connectivity index (χ0v) is 13.9. The van der Waals surface area contributed by atoms with E-state index in [1.54, 1.807) is 6.92 Å². The Hall–Kier alpha value is -0.830. The summed E-state index contributed by atoms with van der Waals surface area (Å²) >= 11 is 0. The zero-order valence-electron chi connectivity index (χ0n) is 13.9. The van der Waals surface area contributed by atoms with E-state index in [9.17, 15) is 9.90 Å². The van der Waals surface area contributed by atoms with Gasteiger partial charge in [0.1, 0.15) is 5.60 Å². The van der Waals surface area contributed by atoms with Gasteiger partial charge < -0.3 is 9.84 Å². The van der Waals surface area contributed by atoms with Crippen molar-refractivity contribution in [2.75, 3.05) is 0 Å². The summed E-state index contributed by atoms with van der Waals surface area (Å²) < 4.78 is 5.72. The van der Waals surface area contributed by atoms with Gasteiger partial charge in [0.05, 0.1) is 5.60 Å². The number of ether oxygens (including phenoxy) is 1. The van der Waals surface area contributed by atoms with Crippen molar-refractivity contribution in [3.05, 3.63) is 12.2 Å². The quantitative estimate of drug-likeness (QED) is 0.478. The fourth-order valence-corrected chi connectivity index (χ4v) is 2.36. The van der Waals surface area contributed by atoms with E-state index in [0.29, 0.717) is 5.57 Å². The van der Waals surface area contributed by atoms with Gasteiger partial charge in [-0.1, -0.05) is 33.8 Å². The molecule has 2 atom stereocenters. The number of hydrogen-bond donors (Lipinski definition) is 1. The van der Waals surface area contributed by atoms with Crippen LogP contribution < -0.4 is 0 Å². The molecule has 0 aromatic carbocycles. The Morgan fingerprint density at radius 2 is 1.75 bits per heavy atom. The second-order valence-corrected chi connectivity index (χ2v) is 6.16. The summed E-state index contributed by atoms with van der Waals surface area (Å²) in [5.41, 5.74) is -0.585. The van der Waals surface area contributed by atoms with Crippen molar-refractivity contribution in [1.29, 1.82) is 0 Å². The van der Waals surface area contributed by atoms with Crippen LogP contribution in [-0.4, -0.2) is 22.3 Å². The molecule has 3 nitrogen and oxygen atoms in total. The van der Waals surface area contributed by atoms with E-state index in [1.807, 2.05) is 13.8 Å². The highest BCUT2D eigenvalue weighted by Crippen LogP contribution is 2.31. The molecule has 118 valence electrons. The largest absolute Gasteiger partial charge is 0.456 e. The van der Waals surface area contributed by atoms with Crippen LogP contribution in [0.5, 0.6) is 0 Å². The van der Waals surface area contributed by atoms with Crippen LogP contribution >= 0.6 is 0 Å². The fourth-order valence-electron chi connectivity index (χ4n) is 2.36. The first kappa shape index (κ1) is 19.2. The van der Waals surface area contributed by atoms with Crippen LogP contribution in [0, 0.1) is 0 Å². The molecule has 0 rings (SSSR count). The Labute approximate surface area is 124 Å². The molecule has 1 N–H and O–H groups in total. The summed E-state index contributed by atoms with van der Waals surface area (Å²) in [6, 6.07) is 0. The molecule has 0 saturated heterocycles. The monoisotopic (exact) mass is 284 g/mol. The number of esters is 1. The molecule has 0 radical (unpaired) electrons. The van der Waals surface area contributed by atoms with Crippen LogP contribution in [0.15, 0.2) is 12.2 Å². The third kappa shape index (κ3) is 6.56. The Balaban J connectivity index is 4.69. The number of carbonyl (C=O) groups is 1. The SMILES string of the molecule is C=C(C)C(=O)OC(CC)(CCC)CCC[C@@](C)(O)CC. The smallest absolute Gasteiger partial charge is 0.333 e. The molecule has 0 aliphatic heterocycles. The third-order valence-corrected chi connectivity index (χ3v) is 4.12. The number of hydrogen-bond acceptors (Lipinski definition) is 3. The van der Waals surface area contributed by atoms with Crippen LogP contribution in [0.1, 0.15) is 79.6 Å². The first-order valence-corrected chi connectivity index (χ1v) is 7.83. The summed E-state index contributed by atoms with van der Waals surface area (Å²) in [6.45, 7) is 13.3. The van der Waals surface area contributed by atoms with Gasteiger partial charge in [0.2, 0.25) is 0 Å². The van der Waals surface area contributed by atoms with Gasteiger partial charge in [-0.3, -0.25) is 0 Å². The number of rotatable bonds is 10. The van der Waals surface area contributed by atoms with Crippen molar-refractivity contribution in [2.24, 2.45) is 0 Å². The first-order chi connectivity index (χ1) is 9.22. The lowest BCUT2D eigenvalue weighted by Gasteiger charge is -2.33. The lowest BCUT2D eigenvalue weighted by Crippen LogP contribution is -2.35. The Bertz CT molecular complexity index is 320. The van der Waals surface area contributed by atoms with Gasteiger partial charge in [0, 0.05) is 5.57 Å². The van der Waals surface area contributed by atoms with Gasteiger partial charge in [0.25, 0.3) is 0 Å². The lowest BCUT2D eigenvalue weighted by atomic mass is 9.86. The van der Waals surface area contributed by atoms with E-state index in [4.69, 9.17) is 4.74 Å².